The normalized spacial score (nSPS) is 47.2. The molecule has 24 atom stereocenters. The van der Waals surface area contributed by atoms with E-state index in [4.69, 9.17) is 41.5 Å². The highest BCUT2D eigenvalue weighted by Crippen LogP contribution is 2.67. The number of ether oxygens (including phenoxy) is 7. The Kier molecular flexibility index (Phi) is 17.5. The number of hydrogen-bond donors (Lipinski definition) is 9. The summed E-state index contributed by atoms with van der Waals surface area (Å²) in [4.78, 5) is 0. The Morgan fingerprint density at radius 3 is 2.07 bits per heavy atom. The quantitative estimate of drug-likeness (QED) is 0.0718. The minimum absolute atomic E-state index is 0.0371. The molecule has 0 aromatic heterocycles. The molecule has 7 aliphatic rings. The molecule has 6 fully saturated rings. The predicted octanol–water partition coefficient (Wildman–Crippen LogP) is 0.778. The van der Waals surface area contributed by atoms with Crippen LogP contribution in [0.2, 0.25) is 0 Å². The summed E-state index contributed by atoms with van der Waals surface area (Å²) in [6.45, 7) is 10.5. The number of allylic oxidation sites excluding steroid dienone is 2. The van der Waals surface area contributed by atoms with Gasteiger partial charge in [0.25, 0.3) is 0 Å². The van der Waals surface area contributed by atoms with Crippen LogP contribution >= 0.6 is 0 Å². The van der Waals surface area contributed by atoms with Gasteiger partial charge < -0.3 is 68.9 Å². The smallest absolute Gasteiger partial charge is 0.394 e. The average molecular weight is 1030 g/mol. The Labute approximate surface area is 404 Å². The first kappa shape index (κ1) is 55.7. The zero-order chi connectivity index (χ0) is 50.7. The predicted molar refractivity (Wildman–Crippen MR) is 238 cm³/mol. The van der Waals surface area contributed by atoms with E-state index >= 15 is 0 Å². The number of hydrogen-bond acceptors (Lipinski definition) is 20. The van der Waals surface area contributed by atoms with Crippen molar-refractivity contribution in [2.45, 2.75) is 204 Å². The summed E-state index contributed by atoms with van der Waals surface area (Å²) in [7, 11) is -8.19. The fraction of sp³-hybridized carbons (Fsp3) is 0.956. The van der Waals surface area contributed by atoms with Crippen LogP contribution in [0.5, 0.6) is 0 Å². The maximum absolute atomic E-state index is 12.1. The van der Waals surface area contributed by atoms with Crippen molar-refractivity contribution < 1.29 is 103 Å². The van der Waals surface area contributed by atoms with Gasteiger partial charge in [0.2, 0.25) is 0 Å². The Balaban J connectivity index is 1.14. The molecule has 4 aliphatic carbocycles. The lowest BCUT2D eigenvalue weighted by atomic mass is 9.47. The molecule has 3 saturated carbocycles. The molecular formula is C45H76O22S2. The van der Waals surface area contributed by atoms with Gasteiger partial charge in [0.15, 0.2) is 18.9 Å². The SMILES string of the molecule is CO[C@H]1[C@@H](O)[C@@H](O[C@H]2[C@H](O[C@@H]3[C@@H](O)[C@H](O[C@H]4C[C@@H]5C(=CC[C@]6(C)[C@@H]([C@H](C)CC[C@H](OS(=O)(=O)O)C(C)C)CC[C@@H]56)[C@@]5(C)CC[C@H](OS(=O)(=O)O)C[C@@H]45)O[C@H](CO)[C@H]3O)OC[C@@H](O)[C@@H]2O)O[C@H](C)[C@H]1O. The number of aliphatic hydroxyl groups is 7. The minimum Gasteiger partial charge on any atom is -0.394 e. The molecule has 0 spiro atoms. The summed E-state index contributed by atoms with van der Waals surface area (Å²) in [5, 5.41) is 77.5. The van der Waals surface area contributed by atoms with Crippen LogP contribution in [0.4, 0.5) is 0 Å². The van der Waals surface area contributed by atoms with Gasteiger partial charge in [-0.05, 0) is 111 Å². The number of methoxy groups -OCH3 is 1. The van der Waals surface area contributed by atoms with Gasteiger partial charge in [-0.25, -0.2) is 8.37 Å². The molecule has 22 nitrogen and oxygen atoms in total. The van der Waals surface area contributed by atoms with Gasteiger partial charge in [0.05, 0.1) is 37.6 Å². The van der Waals surface area contributed by atoms with Crippen LogP contribution in [0.1, 0.15) is 99.3 Å². The lowest BCUT2D eigenvalue weighted by Gasteiger charge is -2.59. The van der Waals surface area contributed by atoms with E-state index in [1.54, 1.807) is 0 Å². The van der Waals surface area contributed by atoms with Gasteiger partial charge in [-0.2, -0.15) is 16.8 Å². The van der Waals surface area contributed by atoms with Crippen LogP contribution in [0.15, 0.2) is 11.6 Å². The minimum atomic E-state index is -4.83. The van der Waals surface area contributed by atoms with E-state index < -0.39 is 150 Å². The van der Waals surface area contributed by atoms with Gasteiger partial charge in [-0.1, -0.05) is 46.3 Å². The van der Waals surface area contributed by atoms with E-state index in [0.29, 0.717) is 32.1 Å². The number of fused-ring (bicyclic) bond motifs is 5. The molecule has 0 bridgehead atoms. The van der Waals surface area contributed by atoms with E-state index in [2.05, 4.69) is 26.8 Å². The molecule has 400 valence electrons. The van der Waals surface area contributed by atoms with Crippen LogP contribution < -0.4 is 0 Å². The zero-order valence-electron chi connectivity index (χ0n) is 40.3. The van der Waals surface area contributed by atoms with E-state index in [-0.39, 0.29) is 41.4 Å². The second-order valence-electron chi connectivity index (χ2n) is 21.5. The molecule has 3 saturated heterocycles. The summed E-state index contributed by atoms with van der Waals surface area (Å²) in [5.74, 6) is -0.0633. The zero-order valence-corrected chi connectivity index (χ0v) is 41.9. The van der Waals surface area contributed by atoms with E-state index in [9.17, 15) is 61.7 Å². The summed E-state index contributed by atoms with van der Waals surface area (Å²) >= 11 is 0. The molecule has 0 radical (unpaired) electrons. The molecule has 24 heteroatoms. The van der Waals surface area contributed by atoms with E-state index in [1.807, 2.05) is 13.8 Å². The van der Waals surface area contributed by atoms with Gasteiger partial charge in [-0.15, -0.1) is 0 Å². The monoisotopic (exact) mass is 1030 g/mol. The molecule has 0 unspecified atom stereocenters. The Morgan fingerprint density at radius 1 is 0.768 bits per heavy atom. The second-order valence-corrected chi connectivity index (χ2v) is 23.6. The molecule has 3 heterocycles. The molecule has 0 amide bonds. The van der Waals surface area contributed by atoms with Gasteiger partial charge >= 0.3 is 20.8 Å². The van der Waals surface area contributed by atoms with Crippen LogP contribution in [-0.4, -0.2) is 186 Å². The fourth-order valence-corrected chi connectivity index (χ4v) is 14.5. The molecule has 0 aromatic rings. The third-order valence-electron chi connectivity index (χ3n) is 17.1. The van der Waals surface area contributed by atoms with Crippen molar-refractivity contribution in [2.24, 2.45) is 46.3 Å². The van der Waals surface area contributed by atoms with Crippen molar-refractivity contribution in [3.8, 4) is 0 Å². The van der Waals surface area contributed by atoms with Gasteiger partial charge in [-0.3, -0.25) is 9.11 Å². The average Bonchev–Trinajstić information content (AvgIpc) is 3.63. The lowest BCUT2D eigenvalue weighted by molar-refractivity contribution is -0.381. The first-order chi connectivity index (χ1) is 32.2. The molecular weight excluding hydrogens is 957 g/mol. The lowest BCUT2D eigenvalue weighted by Crippen LogP contribution is -2.65. The standard InChI is InChI=1S/C45H76O22S2/c1-20(2)30(67-69(56,57)58)11-8-21(3)25-9-10-26-24-17-31(28-16-23(66-68(53,54)55)12-14-45(28,6)27(24)13-15-44(25,26)5)62-42-37(52)39(35(50)32(18-46)63-42)64-43-40(34(49)29(47)19-60-43)65-41-36(51)38(59-7)33(48)22(4)61-41/h13,20-26,28-43,46-52H,8-12,14-19H2,1-7H3,(H,53,54,55)(H,56,57,58)/t21-,22-,23+,24+,25-,26+,28+,29-,30+,31+,32-,33-,34+,35-,36-,37-,38-,39+,40-,41-,42-,43+,44-,45-/m1/s1. The second kappa shape index (κ2) is 21.6. The highest BCUT2D eigenvalue weighted by Gasteiger charge is 2.62. The summed E-state index contributed by atoms with van der Waals surface area (Å²) in [6.07, 6.45) is -16.1. The van der Waals surface area contributed by atoms with Crippen LogP contribution in [0.25, 0.3) is 0 Å². The number of rotatable bonds is 17. The first-order valence-electron chi connectivity index (χ1n) is 24.3. The van der Waals surface area contributed by atoms with Gasteiger partial charge in [0, 0.05) is 7.11 Å². The molecule has 7 rings (SSSR count). The van der Waals surface area contributed by atoms with E-state index in [1.165, 1.54) is 19.6 Å². The third kappa shape index (κ3) is 11.6. The van der Waals surface area contributed by atoms with Crippen molar-refractivity contribution in [1.29, 1.82) is 0 Å². The molecule has 69 heavy (non-hydrogen) atoms. The van der Waals surface area contributed by atoms with Crippen molar-refractivity contribution in [2.75, 3.05) is 20.3 Å². The Hall–Kier alpha value is -1.08. The third-order valence-corrected chi connectivity index (χ3v) is 18.1. The van der Waals surface area contributed by atoms with Crippen molar-refractivity contribution in [3.63, 3.8) is 0 Å². The Bertz CT molecular complexity index is 1990. The van der Waals surface area contributed by atoms with Gasteiger partial charge in [0.1, 0.15) is 61.0 Å². The van der Waals surface area contributed by atoms with Crippen molar-refractivity contribution in [3.05, 3.63) is 11.6 Å². The highest BCUT2D eigenvalue weighted by molar-refractivity contribution is 7.81. The fourth-order valence-electron chi connectivity index (χ4n) is 13.4. The van der Waals surface area contributed by atoms with Crippen LogP contribution in [0.3, 0.4) is 0 Å². The van der Waals surface area contributed by atoms with Crippen LogP contribution in [0, 0.1) is 46.3 Å². The molecule has 0 aromatic carbocycles. The maximum atomic E-state index is 12.1. The van der Waals surface area contributed by atoms with Crippen molar-refractivity contribution in [1.82, 2.24) is 0 Å². The summed E-state index contributed by atoms with van der Waals surface area (Å²) < 4.78 is 119. The Morgan fingerprint density at radius 2 is 1.43 bits per heavy atom. The highest BCUT2D eigenvalue weighted by atomic mass is 32.3. The van der Waals surface area contributed by atoms with E-state index in [0.717, 1.165) is 19.3 Å². The maximum Gasteiger partial charge on any atom is 0.397 e. The number of aliphatic hydroxyl groups excluding tert-OH is 7. The summed E-state index contributed by atoms with van der Waals surface area (Å²) in [5.41, 5.74) is 0.464. The first-order valence-corrected chi connectivity index (χ1v) is 27.1. The molecule has 9 N–H and O–H groups in total. The topological polar surface area (TPSA) is 333 Å². The summed E-state index contributed by atoms with van der Waals surface area (Å²) in [6, 6.07) is 0. The van der Waals surface area contributed by atoms with Crippen molar-refractivity contribution >= 4 is 20.8 Å². The molecule has 3 aliphatic heterocycles. The largest absolute Gasteiger partial charge is 0.397 e. The van der Waals surface area contributed by atoms with Crippen LogP contribution in [-0.2, 0) is 62.3 Å².